The fraction of sp³-hybridized carbons (Fsp3) is 0.176. The summed E-state index contributed by atoms with van der Waals surface area (Å²) >= 11 is 0. The molecule has 0 N–H and O–H groups in total. The van der Waals surface area contributed by atoms with E-state index in [4.69, 9.17) is 5.26 Å². The minimum absolute atomic E-state index is 0.180. The van der Waals surface area contributed by atoms with Crippen LogP contribution in [0, 0.1) is 11.3 Å². The maximum atomic E-state index is 11.8. The number of hydrogen-bond acceptors (Lipinski definition) is 2. The summed E-state index contributed by atoms with van der Waals surface area (Å²) in [4.78, 5) is 13.7. The molecular formula is C17H14N2O. The third kappa shape index (κ3) is 2.28. The zero-order valence-electron chi connectivity index (χ0n) is 11.0. The SMILES string of the molecule is N#Cc1ccc(CN2C(=O)CC2c2ccccc2)cc1. The van der Waals surface area contributed by atoms with Gasteiger partial charge in [-0.2, -0.15) is 5.26 Å². The highest BCUT2D eigenvalue weighted by Crippen LogP contribution is 2.35. The second kappa shape index (κ2) is 5.18. The highest BCUT2D eigenvalue weighted by Gasteiger charge is 2.36. The average molecular weight is 262 g/mol. The van der Waals surface area contributed by atoms with Gasteiger partial charge in [-0.3, -0.25) is 4.79 Å². The zero-order valence-corrected chi connectivity index (χ0v) is 11.0. The second-order valence-corrected chi connectivity index (χ2v) is 4.96. The fourth-order valence-electron chi connectivity index (χ4n) is 2.51. The normalized spacial score (nSPS) is 17.4. The molecule has 1 atom stereocenters. The van der Waals surface area contributed by atoms with Crippen molar-refractivity contribution in [1.29, 1.82) is 5.26 Å². The van der Waals surface area contributed by atoms with Crippen LogP contribution in [0.25, 0.3) is 0 Å². The minimum atomic E-state index is 0.180. The van der Waals surface area contributed by atoms with E-state index in [-0.39, 0.29) is 11.9 Å². The first-order chi connectivity index (χ1) is 9.78. The van der Waals surface area contributed by atoms with E-state index in [0.717, 1.165) is 5.56 Å². The summed E-state index contributed by atoms with van der Waals surface area (Å²) in [7, 11) is 0. The lowest BCUT2D eigenvalue weighted by atomic mass is 9.93. The molecule has 1 heterocycles. The number of nitriles is 1. The summed E-state index contributed by atoms with van der Waals surface area (Å²) in [5.74, 6) is 0.184. The molecule has 1 saturated heterocycles. The third-order valence-electron chi connectivity index (χ3n) is 3.68. The molecule has 0 bridgehead atoms. The monoisotopic (exact) mass is 262 g/mol. The number of β-lactam (4-membered cyclic amide) rings is 1. The van der Waals surface area contributed by atoms with Crippen LogP contribution in [-0.2, 0) is 11.3 Å². The van der Waals surface area contributed by atoms with E-state index in [2.05, 4.69) is 18.2 Å². The molecule has 98 valence electrons. The molecule has 0 spiro atoms. The van der Waals surface area contributed by atoms with Gasteiger partial charge in [0.2, 0.25) is 5.91 Å². The van der Waals surface area contributed by atoms with Crippen molar-refractivity contribution in [3.8, 4) is 6.07 Å². The van der Waals surface area contributed by atoms with Gasteiger partial charge in [0.1, 0.15) is 0 Å². The van der Waals surface area contributed by atoms with E-state index < -0.39 is 0 Å². The second-order valence-electron chi connectivity index (χ2n) is 4.96. The first-order valence-electron chi connectivity index (χ1n) is 6.61. The maximum Gasteiger partial charge on any atom is 0.225 e. The first kappa shape index (κ1) is 12.4. The molecule has 2 aromatic carbocycles. The Hall–Kier alpha value is -2.60. The smallest absolute Gasteiger partial charge is 0.225 e. The van der Waals surface area contributed by atoms with E-state index in [0.29, 0.717) is 18.5 Å². The predicted molar refractivity (Wildman–Crippen MR) is 75.5 cm³/mol. The van der Waals surface area contributed by atoms with E-state index in [1.54, 1.807) is 12.1 Å². The summed E-state index contributed by atoms with van der Waals surface area (Å²) in [6, 6.07) is 19.8. The number of hydrogen-bond donors (Lipinski definition) is 0. The number of likely N-dealkylation sites (tertiary alicyclic amines) is 1. The highest BCUT2D eigenvalue weighted by molar-refractivity contribution is 5.83. The molecule has 2 aromatic rings. The Morgan fingerprint density at radius 2 is 1.80 bits per heavy atom. The van der Waals surface area contributed by atoms with Crippen molar-refractivity contribution in [2.24, 2.45) is 0 Å². The summed E-state index contributed by atoms with van der Waals surface area (Å²) in [5, 5.41) is 8.79. The van der Waals surface area contributed by atoms with Gasteiger partial charge in [0.15, 0.2) is 0 Å². The molecule has 0 radical (unpaired) electrons. The molecule has 3 nitrogen and oxygen atoms in total. The average Bonchev–Trinajstić information content (AvgIpc) is 2.51. The fourth-order valence-corrected chi connectivity index (χ4v) is 2.51. The topological polar surface area (TPSA) is 44.1 Å². The van der Waals surface area contributed by atoms with Crippen molar-refractivity contribution in [1.82, 2.24) is 4.90 Å². The number of carbonyl (C=O) groups is 1. The van der Waals surface area contributed by atoms with Gasteiger partial charge in [-0.25, -0.2) is 0 Å². The van der Waals surface area contributed by atoms with Crippen LogP contribution < -0.4 is 0 Å². The van der Waals surface area contributed by atoms with Crippen molar-refractivity contribution in [2.75, 3.05) is 0 Å². The number of benzene rings is 2. The molecule has 1 amide bonds. The molecule has 3 heteroatoms. The Morgan fingerprint density at radius 1 is 1.10 bits per heavy atom. The number of rotatable bonds is 3. The molecule has 20 heavy (non-hydrogen) atoms. The van der Waals surface area contributed by atoms with E-state index in [1.165, 1.54) is 5.56 Å². The molecule has 0 saturated carbocycles. The van der Waals surface area contributed by atoms with E-state index >= 15 is 0 Å². The number of carbonyl (C=O) groups excluding carboxylic acids is 1. The van der Waals surface area contributed by atoms with E-state index in [9.17, 15) is 4.79 Å². The lowest BCUT2D eigenvalue weighted by molar-refractivity contribution is -0.147. The molecule has 1 unspecified atom stereocenters. The van der Waals surface area contributed by atoms with Crippen LogP contribution in [0.15, 0.2) is 54.6 Å². The lowest BCUT2D eigenvalue weighted by Crippen LogP contribution is -2.45. The Bertz CT molecular complexity index is 656. The van der Waals surface area contributed by atoms with Gasteiger partial charge in [-0.1, -0.05) is 42.5 Å². The van der Waals surface area contributed by atoms with Gasteiger partial charge in [0, 0.05) is 6.54 Å². The Morgan fingerprint density at radius 3 is 2.40 bits per heavy atom. The van der Waals surface area contributed by atoms with E-state index in [1.807, 2.05) is 35.2 Å². The van der Waals surface area contributed by atoms with Crippen LogP contribution >= 0.6 is 0 Å². The van der Waals surface area contributed by atoms with Crippen LogP contribution in [0.3, 0.4) is 0 Å². The van der Waals surface area contributed by atoms with Gasteiger partial charge in [0.25, 0.3) is 0 Å². The molecule has 0 aromatic heterocycles. The van der Waals surface area contributed by atoms with Gasteiger partial charge < -0.3 is 4.90 Å². The van der Waals surface area contributed by atoms with Gasteiger partial charge >= 0.3 is 0 Å². The molecule has 1 fully saturated rings. The summed E-state index contributed by atoms with van der Waals surface area (Å²) in [5.41, 5.74) is 2.88. The molecule has 1 aliphatic rings. The lowest BCUT2D eigenvalue weighted by Gasteiger charge is -2.41. The quantitative estimate of drug-likeness (QED) is 0.798. The van der Waals surface area contributed by atoms with Gasteiger partial charge in [-0.05, 0) is 23.3 Å². The molecule has 0 aliphatic carbocycles. The van der Waals surface area contributed by atoms with Crippen LogP contribution in [0.1, 0.15) is 29.2 Å². The summed E-state index contributed by atoms with van der Waals surface area (Å²) in [6.45, 7) is 0.601. The largest absolute Gasteiger partial charge is 0.331 e. The first-order valence-corrected chi connectivity index (χ1v) is 6.61. The van der Waals surface area contributed by atoms with Crippen molar-refractivity contribution < 1.29 is 4.79 Å². The maximum absolute atomic E-state index is 11.8. The number of amides is 1. The number of nitrogens with zero attached hydrogens (tertiary/aromatic N) is 2. The van der Waals surface area contributed by atoms with Crippen LogP contribution in [0.2, 0.25) is 0 Å². The Balaban J connectivity index is 1.75. The predicted octanol–water partition coefficient (Wildman–Crippen LogP) is 3.03. The standard InChI is InChI=1S/C17H14N2O/c18-11-13-6-8-14(9-7-13)12-19-16(10-17(19)20)15-4-2-1-3-5-15/h1-9,16H,10,12H2. The van der Waals surface area contributed by atoms with Crippen LogP contribution in [0.4, 0.5) is 0 Å². The molecule has 3 rings (SSSR count). The Kier molecular flexibility index (Phi) is 3.22. The van der Waals surface area contributed by atoms with Crippen molar-refractivity contribution in [2.45, 2.75) is 19.0 Å². The van der Waals surface area contributed by atoms with Gasteiger partial charge in [0.05, 0.1) is 24.1 Å². The van der Waals surface area contributed by atoms with Crippen molar-refractivity contribution in [3.05, 3.63) is 71.3 Å². The van der Waals surface area contributed by atoms with Crippen molar-refractivity contribution in [3.63, 3.8) is 0 Å². The zero-order chi connectivity index (χ0) is 13.9. The summed E-state index contributed by atoms with van der Waals surface area (Å²) in [6.07, 6.45) is 0.584. The van der Waals surface area contributed by atoms with Crippen LogP contribution in [-0.4, -0.2) is 10.8 Å². The minimum Gasteiger partial charge on any atom is -0.331 e. The van der Waals surface area contributed by atoms with Gasteiger partial charge in [-0.15, -0.1) is 0 Å². The Labute approximate surface area is 118 Å². The molecular weight excluding hydrogens is 248 g/mol. The summed E-state index contributed by atoms with van der Waals surface area (Å²) < 4.78 is 0. The molecule has 1 aliphatic heterocycles. The third-order valence-corrected chi connectivity index (χ3v) is 3.68. The van der Waals surface area contributed by atoms with Crippen molar-refractivity contribution >= 4 is 5.91 Å². The van der Waals surface area contributed by atoms with Crippen LogP contribution in [0.5, 0.6) is 0 Å². The highest BCUT2D eigenvalue weighted by atomic mass is 16.2.